The molecule has 0 N–H and O–H groups in total. The molecule has 10 heteroatoms. The van der Waals surface area contributed by atoms with Crippen molar-refractivity contribution in [2.75, 3.05) is 6.54 Å². The second-order valence-electron chi connectivity index (χ2n) is 8.50. The van der Waals surface area contributed by atoms with Gasteiger partial charge in [-0.2, -0.15) is 26.3 Å². The molecule has 0 bridgehead atoms. The van der Waals surface area contributed by atoms with Crippen molar-refractivity contribution in [1.29, 1.82) is 0 Å². The number of benzene rings is 2. The van der Waals surface area contributed by atoms with Crippen LogP contribution in [0.5, 0.6) is 0 Å². The second-order valence-corrected chi connectivity index (χ2v) is 8.50. The summed E-state index contributed by atoms with van der Waals surface area (Å²) in [6, 6.07) is 9.41. The van der Waals surface area contributed by atoms with E-state index >= 15 is 0 Å². The van der Waals surface area contributed by atoms with E-state index in [1.54, 1.807) is 23.1 Å². The molecule has 2 heterocycles. The molecule has 2 aromatic carbocycles. The molecule has 0 radical (unpaired) electrons. The highest BCUT2D eigenvalue weighted by atomic mass is 19.4. The molecule has 3 nitrogen and oxygen atoms in total. The second kappa shape index (κ2) is 10.3. The Morgan fingerprint density at radius 1 is 0.941 bits per heavy atom. The van der Waals surface area contributed by atoms with E-state index < -0.39 is 29.6 Å². The van der Waals surface area contributed by atoms with Crippen LogP contribution in [0.2, 0.25) is 0 Å². The minimum absolute atomic E-state index is 0.0239. The summed E-state index contributed by atoms with van der Waals surface area (Å²) in [6.45, 7) is 1.79. The summed E-state index contributed by atoms with van der Waals surface area (Å²) in [5, 5.41) is 0. The van der Waals surface area contributed by atoms with Gasteiger partial charge in [-0.05, 0) is 55.2 Å². The van der Waals surface area contributed by atoms with Crippen LogP contribution >= 0.6 is 0 Å². The molecule has 0 spiro atoms. The summed E-state index contributed by atoms with van der Waals surface area (Å²) in [6.07, 6.45) is -8.01. The van der Waals surface area contributed by atoms with Crippen molar-refractivity contribution in [3.05, 3.63) is 71.0 Å². The van der Waals surface area contributed by atoms with Gasteiger partial charge in [0.25, 0.3) is 0 Å². The molecule has 0 aliphatic carbocycles. The number of alkyl halides is 6. The molecule has 0 aromatic heterocycles. The Bertz CT molecular complexity index is 943. The van der Waals surface area contributed by atoms with E-state index in [1.807, 2.05) is 6.92 Å². The Morgan fingerprint density at radius 3 is 2.03 bits per heavy atom. The van der Waals surface area contributed by atoms with Crippen LogP contribution in [-0.2, 0) is 28.5 Å². The fraction of sp³-hybridized carbons (Fsp3) is 0.458. The lowest BCUT2D eigenvalue weighted by Crippen LogP contribution is -2.43. The van der Waals surface area contributed by atoms with Crippen LogP contribution in [0.4, 0.5) is 30.7 Å². The molecule has 1 amide bonds. The van der Waals surface area contributed by atoms with E-state index in [4.69, 9.17) is 4.74 Å². The van der Waals surface area contributed by atoms with E-state index in [1.165, 1.54) is 12.1 Å². The fourth-order valence-electron chi connectivity index (χ4n) is 4.12. The lowest BCUT2D eigenvalue weighted by atomic mass is 9.94. The normalized spacial score (nSPS) is 22.8. The zero-order valence-electron chi connectivity index (χ0n) is 18.3. The summed E-state index contributed by atoms with van der Waals surface area (Å²) in [5.74, 6) is -0.226. The number of fused-ring (bicyclic) bond motifs is 1. The molecule has 2 saturated heterocycles. The standard InChI is InChI=1S/C18H19F6NO2.C6H5F/c1-10-2-3-14-7-15(8-25(14)16(10)26)27-9-11-4-12(17(19,20)21)6-13(5-11)18(22,23)24;7-6-4-2-1-3-5-6/h4-6,10,14-15H,2-3,7-9H2,1H3;1-5H. The smallest absolute Gasteiger partial charge is 0.372 e. The van der Waals surface area contributed by atoms with Crippen LogP contribution in [0.3, 0.4) is 0 Å². The van der Waals surface area contributed by atoms with Gasteiger partial charge >= 0.3 is 12.4 Å². The van der Waals surface area contributed by atoms with Crippen LogP contribution < -0.4 is 0 Å². The molecule has 3 unspecified atom stereocenters. The van der Waals surface area contributed by atoms with Gasteiger partial charge in [0.15, 0.2) is 0 Å². The summed E-state index contributed by atoms with van der Waals surface area (Å²) in [7, 11) is 0. The number of nitrogens with zero attached hydrogens (tertiary/aromatic N) is 1. The van der Waals surface area contributed by atoms with Gasteiger partial charge in [0.1, 0.15) is 5.82 Å². The van der Waals surface area contributed by atoms with E-state index in [2.05, 4.69) is 0 Å². The predicted octanol–water partition coefficient (Wildman–Crippen LogP) is 6.47. The minimum Gasteiger partial charge on any atom is -0.372 e. The van der Waals surface area contributed by atoms with Gasteiger partial charge in [-0.25, -0.2) is 4.39 Å². The Kier molecular flexibility index (Phi) is 7.90. The van der Waals surface area contributed by atoms with Gasteiger partial charge in [0.2, 0.25) is 5.91 Å². The lowest BCUT2D eigenvalue weighted by Gasteiger charge is -2.32. The third kappa shape index (κ3) is 6.71. The van der Waals surface area contributed by atoms with Crippen LogP contribution in [0.1, 0.15) is 42.9 Å². The minimum atomic E-state index is -4.88. The fourth-order valence-corrected chi connectivity index (χ4v) is 4.12. The third-order valence-electron chi connectivity index (χ3n) is 5.88. The number of carbonyl (C=O) groups is 1. The molecular weight excluding hydrogens is 467 g/mol. The first-order valence-corrected chi connectivity index (χ1v) is 10.8. The van der Waals surface area contributed by atoms with Crippen LogP contribution in [0, 0.1) is 11.7 Å². The SMILES string of the molecule is CC1CCC2CC(OCc3cc(C(F)(F)F)cc(C(F)(F)F)c3)CN2C1=O.Fc1ccccc1. The molecule has 2 aliphatic rings. The van der Waals surface area contributed by atoms with Crippen molar-refractivity contribution >= 4 is 5.91 Å². The average molecular weight is 491 g/mol. The van der Waals surface area contributed by atoms with Gasteiger partial charge in [-0.1, -0.05) is 25.1 Å². The number of amides is 1. The van der Waals surface area contributed by atoms with Crippen molar-refractivity contribution in [2.45, 2.75) is 57.3 Å². The number of halogens is 7. The van der Waals surface area contributed by atoms with Gasteiger partial charge < -0.3 is 9.64 Å². The molecule has 2 aromatic rings. The van der Waals surface area contributed by atoms with Gasteiger partial charge in [-0.15, -0.1) is 0 Å². The van der Waals surface area contributed by atoms with E-state index in [0.717, 1.165) is 12.8 Å². The van der Waals surface area contributed by atoms with Gasteiger partial charge in [0.05, 0.1) is 23.8 Å². The Morgan fingerprint density at radius 2 is 1.53 bits per heavy atom. The molecule has 2 fully saturated rings. The van der Waals surface area contributed by atoms with Crippen molar-refractivity contribution in [1.82, 2.24) is 4.90 Å². The summed E-state index contributed by atoms with van der Waals surface area (Å²) in [4.78, 5) is 13.9. The molecule has 0 saturated carbocycles. The van der Waals surface area contributed by atoms with Gasteiger partial charge in [0, 0.05) is 18.5 Å². The first-order chi connectivity index (χ1) is 15.8. The lowest BCUT2D eigenvalue weighted by molar-refractivity contribution is -0.143. The Hall–Kier alpha value is -2.62. The highest BCUT2D eigenvalue weighted by Crippen LogP contribution is 2.37. The zero-order chi connectivity index (χ0) is 25.1. The number of ether oxygens (including phenoxy) is 1. The topological polar surface area (TPSA) is 29.5 Å². The zero-order valence-corrected chi connectivity index (χ0v) is 18.3. The number of piperidine rings is 1. The maximum Gasteiger partial charge on any atom is 0.416 e. The summed E-state index contributed by atoms with van der Waals surface area (Å²) >= 11 is 0. The maximum absolute atomic E-state index is 12.9. The molecule has 34 heavy (non-hydrogen) atoms. The molecule has 4 rings (SSSR count). The summed E-state index contributed by atoms with van der Waals surface area (Å²) < 4.78 is 94.9. The van der Waals surface area contributed by atoms with Crippen molar-refractivity contribution in [2.24, 2.45) is 5.92 Å². The van der Waals surface area contributed by atoms with Crippen molar-refractivity contribution in [3.63, 3.8) is 0 Å². The van der Waals surface area contributed by atoms with Crippen LogP contribution in [0.25, 0.3) is 0 Å². The number of hydrogen-bond donors (Lipinski definition) is 0. The van der Waals surface area contributed by atoms with Crippen LogP contribution in [-0.4, -0.2) is 29.5 Å². The highest BCUT2D eigenvalue weighted by Gasteiger charge is 2.41. The molecule has 2 aliphatic heterocycles. The maximum atomic E-state index is 12.9. The Balaban J connectivity index is 0.000000396. The van der Waals surface area contributed by atoms with Crippen LogP contribution in [0.15, 0.2) is 48.5 Å². The largest absolute Gasteiger partial charge is 0.416 e. The van der Waals surface area contributed by atoms with E-state index in [-0.39, 0.29) is 41.9 Å². The predicted molar refractivity (Wildman–Crippen MR) is 110 cm³/mol. The third-order valence-corrected chi connectivity index (χ3v) is 5.88. The van der Waals surface area contributed by atoms with E-state index in [0.29, 0.717) is 25.1 Å². The Labute approximate surface area is 192 Å². The highest BCUT2D eigenvalue weighted by molar-refractivity contribution is 5.80. The quantitative estimate of drug-likeness (QED) is 0.461. The first-order valence-electron chi connectivity index (χ1n) is 10.8. The number of hydrogen-bond acceptors (Lipinski definition) is 2. The van der Waals surface area contributed by atoms with Gasteiger partial charge in [-0.3, -0.25) is 4.79 Å². The number of carbonyl (C=O) groups excluding carboxylic acids is 1. The van der Waals surface area contributed by atoms with Crippen molar-refractivity contribution < 1.29 is 40.3 Å². The first kappa shape index (κ1) is 26.0. The average Bonchev–Trinajstić information content (AvgIpc) is 3.18. The summed E-state index contributed by atoms with van der Waals surface area (Å²) in [5.41, 5.74) is -2.91. The molecular formula is C24H24F7NO2. The number of rotatable bonds is 3. The molecule has 186 valence electrons. The molecule has 3 atom stereocenters. The monoisotopic (exact) mass is 491 g/mol. The van der Waals surface area contributed by atoms with E-state index in [9.17, 15) is 35.5 Å². The van der Waals surface area contributed by atoms with Crippen molar-refractivity contribution in [3.8, 4) is 0 Å².